The summed E-state index contributed by atoms with van der Waals surface area (Å²) in [6.45, 7) is 0. The van der Waals surface area contributed by atoms with E-state index in [1.807, 2.05) is 0 Å². The van der Waals surface area contributed by atoms with E-state index in [1.165, 1.54) is 20.5 Å². The normalized spacial score (nSPS) is 11.1. The van der Waals surface area contributed by atoms with Crippen molar-refractivity contribution in [1.82, 2.24) is 0 Å². The molecule has 0 aliphatic heterocycles. The van der Waals surface area contributed by atoms with Gasteiger partial charge in [0.05, 0.1) is 0 Å². The van der Waals surface area contributed by atoms with E-state index in [-0.39, 0.29) is 0 Å². The molecule has 0 atom stereocenters. The molecule has 1 aromatic heterocycles. The quantitative estimate of drug-likeness (QED) is 0.548. The summed E-state index contributed by atoms with van der Waals surface area (Å²) in [7, 11) is 0. The summed E-state index contributed by atoms with van der Waals surface area (Å²) in [4.78, 5) is 1.29. The molecule has 2 rings (SSSR count). The van der Waals surface area contributed by atoms with Crippen LogP contribution in [0.2, 0.25) is 0 Å². The van der Waals surface area contributed by atoms with Crippen molar-refractivity contribution in [3.63, 3.8) is 0 Å². The molecule has 0 saturated heterocycles. The fourth-order valence-electron chi connectivity index (χ4n) is 1.40. The van der Waals surface area contributed by atoms with Gasteiger partial charge in [-0.05, 0) is 45.3 Å². The van der Waals surface area contributed by atoms with Crippen LogP contribution >= 0.6 is 50.6 Å². The summed E-state index contributed by atoms with van der Waals surface area (Å²) >= 11 is 13.0. The van der Waals surface area contributed by atoms with E-state index in [4.69, 9.17) is 11.6 Å². The van der Waals surface area contributed by atoms with Crippen molar-refractivity contribution in [2.75, 3.05) is 6.26 Å². The summed E-state index contributed by atoms with van der Waals surface area (Å²) in [5.74, 6) is 0.558. The van der Waals surface area contributed by atoms with E-state index >= 15 is 0 Å². The number of alkyl halides is 1. The second-order valence-electron chi connectivity index (χ2n) is 2.85. The predicted molar refractivity (Wildman–Crippen MR) is 70.9 cm³/mol. The number of thioether (sulfide) groups is 1. The molecule has 0 radical (unpaired) electrons. The minimum absolute atomic E-state index is 0.558. The van der Waals surface area contributed by atoms with Gasteiger partial charge in [-0.3, -0.25) is 0 Å². The Kier molecular flexibility index (Phi) is 3.42. The molecule has 14 heavy (non-hydrogen) atoms. The molecule has 0 amide bonds. The number of hydrogen-bond acceptors (Lipinski definition) is 2. The van der Waals surface area contributed by atoms with Gasteiger partial charge >= 0.3 is 0 Å². The van der Waals surface area contributed by atoms with Crippen molar-refractivity contribution in [3.05, 3.63) is 27.5 Å². The van der Waals surface area contributed by atoms with E-state index in [9.17, 15) is 0 Å². The number of hydrogen-bond donors (Lipinski definition) is 0. The Labute approximate surface area is 105 Å². The largest absolute Gasteiger partial charge is 0.144 e. The molecule has 74 valence electrons. The first-order valence-electron chi connectivity index (χ1n) is 4.06. The standard InChI is InChI=1S/C10H8BrClS2/c1-13-10-7-2-3-14-8(7)4-6(5-12)9(10)11/h2-4H,5H2,1H3. The number of thiophene rings is 1. The summed E-state index contributed by atoms with van der Waals surface area (Å²) in [5.41, 5.74) is 1.17. The van der Waals surface area contributed by atoms with Gasteiger partial charge in [0.15, 0.2) is 0 Å². The third kappa shape index (κ3) is 1.71. The molecule has 0 fully saturated rings. The Hall–Kier alpha value is 0.300. The highest BCUT2D eigenvalue weighted by Gasteiger charge is 2.10. The average molecular weight is 308 g/mol. The van der Waals surface area contributed by atoms with Crippen molar-refractivity contribution in [2.24, 2.45) is 0 Å². The Morgan fingerprint density at radius 3 is 3.00 bits per heavy atom. The van der Waals surface area contributed by atoms with Gasteiger partial charge in [0.2, 0.25) is 0 Å². The lowest BCUT2D eigenvalue weighted by molar-refractivity contribution is 1.33. The van der Waals surface area contributed by atoms with Gasteiger partial charge in [0.25, 0.3) is 0 Å². The molecule has 4 heteroatoms. The smallest absolute Gasteiger partial charge is 0.0486 e. The highest BCUT2D eigenvalue weighted by molar-refractivity contribution is 9.10. The minimum atomic E-state index is 0.558. The lowest BCUT2D eigenvalue weighted by Crippen LogP contribution is -1.84. The van der Waals surface area contributed by atoms with Gasteiger partial charge < -0.3 is 0 Å². The van der Waals surface area contributed by atoms with Crippen molar-refractivity contribution >= 4 is 60.7 Å². The Morgan fingerprint density at radius 2 is 2.36 bits per heavy atom. The summed E-state index contributed by atoms with van der Waals surface area (Å²) < 4.78 is 2.46. The van der Waals surface area contributed by atoms with E-state index in [0.717, 1.165) is 4.47 Å². The van der Waals surface area contributed by atoms with Crippen LogP contribution in [-0.2, 0) is 5.88 Å². The van der Waals surface area contributed by atoms with E-state index in [0.29, 0.717) is 5.88 Å². The molecule has 0 N–H and O–H groups in total. The molecule has 0 aliphatic rings. The van der Waals surface area contributed by atoms with Crippen LogP contribution in [0.25, 0.3) is 10.1 Å². The zero-order chi connectivity index (χ0) is 10.1. The van der Waals surface area contributed by atoms with Crippen molar-refractivity contribution in [3.8, 4) is 0 Å². The number of fused-ring (bicyclic) bond motifs is 1. The van der Waals surface area contributed by atoms with Gasteiger partial charge in [-0.2, -0.15) is 0 Å². The molecular weight excluding hydrogens is 300 g/mol. The lowest BCUT2D eigenvalue weighted by atomic mass is 10.2. The van der Waals surface area contributed by atoms with Crippen LogP contribution in [0.4, 0.5) is 0 Å². The maximum atomic E-state index is 5.89. The Balaban J connectivity index is 2.80. The Morgan fingerprint density at radius 1 is 1.57 bits per heavy atom. The molecule has 2 aromatic rings. The van der Waals surface area contributed by atoms with Gasteiger partial charge in [0.1, 0.15) is 0 Å². The molecule has 1 heterocycles. The molecule has 0 bridgehead atoms. The zero-order valence-corrected chi connectivity index (χ0v) is 11.5. The summed E-state index contributed by atoms with van der Waals surface area (Å²) in [5, 5.41) is 3.44. The fourth-order valence-corrected chi connectivity index (χ4v) is 4.36. The molecular formula is C10H8BrClS2. The van der Waals surface area contributed by atoms with Crippen LogP contribution in [0.15, 0.2) is 26.9 Å². The second-order valence-corrected chi connectivity index (χ2v) is 5.67. The SMILES string of the molecule is CSc1c(Br)c(CCl)cc2sccc12. The second kappa shape index (κ2) is 4.44. The first-order valence-corrected chi connectivity index (χ1v) is 7.49. The number of benzene rings is 1. The maximum Gasteiger partial charge on any atom is 0.0486 e. The average Bonchev–Trinajstić information content (AvgIpc) is 2.64. The first-order chi connectivity index (χ1) is 6.77. The molecule has 0 saturated carbocycles. The topological polar surface area (TPSA) is 0 Å². The lowest BCUT2D eigenvalue weighted by Gasteiger charge is -2.07. The van der Waals surface area contributed by atoms with Crippen molar-refractivity contribution < 1.29 is 0 Å². The predicted octanol–water partition coefficient (Wildman–Crippen LogP) is 5.12. The summed E-state index contributed by atoms with van der Waals surface area (Å²) in [6, 6.07) is 4.32. The van der Waals surface area contributed by atoms with E-state index in [2.05, 4.69) is 39.7 Å². The van der Waals surface area contributed by atoms with Crippen molar-refractivity contribution in [1.29, 1.82) is 0 Å². The van der Waals surface area contributed by atoms with Crippen LogP contribution in [0, 0.1) is 0 Å². The summed E-state index contributed by atoms with van der Waals surface area (Å²) in [6.07, 6.45) is 2.09. The third-order valence-electron chi connectivity index (χ3n) is 2.07. The molecule has 0 spiro atoms. The number of halogens is 2. The van der Waals surface area contributed by atoms with Crippen LogP contribution in [0.1, 0.15) is 5.56 Å². The highest BCUT2D eigenvalue weighted by atomic mass is 79.9. The first kappa shape index (κ1) is 10.8. The zero-order valence-electron chi connectivity index (χ0n) is 7.51. The van der Waals surface area contributed by atoms with Crippen LogP contribution in [0.3, 0.4) is 0 Å². The molecule has 1 aromatic carbocycles. The third-order valence-corrected chi connectivity index (χ3v) is 5.23. The monoisotopic (exact) mass is 306 g/mol. The van der Waals surface area contributed by atoms with Crippen molar-refractivity contribution in [2.45, 2.75) is 10.8 Å². The van der Waals surface area contributed by atoms with Gasteiger partial charge in [-0.1, -0.05) is 0 Å². The fraction of sp³-hybridized carbons (Fsp3) is 0.200. The molecule has 0 unspecified atom stereocenters. The van der Waals surface area contributed by atoms with Gasteiger partial charge in [-0.15, -0.1) is 34.7 Å². The minimum Gasteiger partial charge on any atom is -0.144 e. The van der Waals surface area contributed by atoms with E-state index in [1.54, 1.807) is 23.1 Å². The highest BCUT2D eigenvalue weighted by Crippen LogP contribution is 2.39. The van der Waals surface area contributed by atoms with Gasteiger partial charge in [-0.25, -0.2) is 0 Å². The molecule has 0 aliphatic carbocycles. The molecule has 0 nitrogen and oxygen atoms in total. The Bertz CT molecular complexity index is 464. The van der Waals surface area contributed by atoms with Crippen LogP contribution < -0.4 is 0 Å². The van der Waals surface area contributed by atoms with Crippen LogP contribution in [-0.4, -0.2) is 6.26 Å². The maximum absolute atomic E-state index is 5.89. The van der Waals surface area contributed by atoms with Gasteiger partial charge in [0, 0.05) is 25.3 Å². The van der Waals surface area contributed by atoms with E-state index < -0.39 is 0 Å². The van der Waals surface area contributed by atoms with Crippen LogP contribution in [0.5, 0.6) is 0 Å². The number of rotatable bonds is 2.